The molecule has 2 N–H and O–H groups in total. The molecule has 172 valence electrons. The van der Waals surface area contributed by atoms with Crippen LogP contribution in [-0.2, 0) is 6.18 Å². The molecule has 10 heteroatoms. The predicted octanol–water partition coefficient (Wildman–Crippen LogP) is 6.35. The number of halogens is 4. The fraction of sp³-hybridized carbons (Fsp3) is 0.217. The number of carbonyl (C=O) groups excluding carboxylic acids is 1. The third-order valence-corrected chi connectivity index (χ3v) is 5.66. The second-order valence-corrected chi connectivity index (χ2v) is 8.35. The number of nitrogens with zero attached hydrogens (tertiary/aromatic N) is 1. The summed E-state index contributed by atoms with van der Waals surface area (Å²) in [5, 5.41) is 5.65. The summed E-state index contributed by atoms with van der Waals surface area (Å²) in [5.74, 6) is -0.153. The summed E-state index contributed by atoms with van der Waals surface area (Å²) < 4.78 is 45.3. The van der Waals surface area contributed by atoms with E-state index in [2.05, 4.69) is 10.6 Å². The molecule has 4 rings (SSSR count). The first-order chi connectivity index (χ1) is 15.7. The van der Waals surface area contributed by atoms with Crippen LogP contribution in [0.15, 0.2) is 59.0 Å². The van der Waals surface area contributed by atoms with Gasteiger partial charge in [0.15, 0.2) is 10.9 Å². The van der Waals surface area contributed by atoms with Crippen LogP contribution in [0.2, 0.25) is 5.02 Å². The number of carbonyl (C=O) groups is 1. The summed E-state index contributed by atoms with van der Waals surface area (Å²) in [6, 6.07) is 13.5. The molecule has 2 aromatic carbocycles. The number of nitrogens with one attached hydrogen (secondary N) is 2. The van der Waals surface area contributed by atoms with Crippen LogP contribution >= 0.6 is 23.8 Å². The van der Waals surface area contributed by atoms with E-state index in [0.29, 0.717) is 16.5 Å². The fourth-order valence-corrected chi connectivity index (χ4v) is 3.92. The molecule has 0 unspecified atom stereocenters. The SMILES string of the molecule is O=C(NC(=S)Nc1cc(C(F)(F)F)ccc1N1CCCC1)c1ccc(-c2ccc(Cl)cc2)o1. The van der Waals surface area contributed by atoms with Crippen molar-refractivity contribution in [2.75, 3.05) is 23.3 Å². The van der Waals surface area contributed by atoms with E-state index in [4.69, 9.17) is 28.2 Å². The number of thiocarbonyl (C=S) groups is 1. The van der Waals surface area contributed by atoms with Crippen LogP contribution in [0.3, 0.4) is 0 Å². The van der Waals surface area contributed by atoms with Crippen LogP contribution in [0.25, 0.3) is 11.3 Å². The van der Waals surface area contributed by atoms with Crippen molar-refractivity contribution in [1.82, 2.24) is 5.32 Å². The van der Waals surface area contributed by atoms with Gasteiger partial charge < -0.3 is 14.6 Å². The maximum absolute atomic E-state index is 13.2. The van der Waals surface area contributed by atoms with E-state index < -0.39 is 17.6 Å². The monoisotopic (exact) mass is 493 g/mol. The third kappa shape index (κ3) is 5.48. The Morgan fingerprint density at radius 1 is 1.03 bits per heavy atom. The maximum Gasteiger partial charge on any atom is 0.416 e. The van der Waals surface area contributed by atoms with Gasteiger partial charge in [0.05, 0.1) is 16.9 Å². The summed E-state index contributed by atoms with van der Waals surface area (Å²) in [6.45, 7) is 1.47. The van der Waals surface area contributed by atoms with Crippen molar-refractivity contribution < 1.29 is 22.4 Å². The van der Waals surface area contributed by atoms with Crippen molar-refractivity contribution in [1.29, 1.82) is 0 Å². The van der Waals surface area contributed by atoms with Gasteiger partial charge in [-0.05, 0) is 79.7 Å². The van der Waals surface area contributed by atoms with Crippen LogP contribution in [0, 0.1) is 0 Å². The summed E-state index contributed by atoms with van der Waals surface area (Å²) in [4.78, 5) is 14.6. The van der Waals surface area contributed by atoms with Gasteiger partial charge in [-0.1, -0.05) is 11.6 Å². The molecule has 0 saturated carbocycles. The first kappa shape index (κ1) is 23.1. The van der Waals surface area contributed by atoms with Crippen LogP contribution < -0.4 is 15.5 Å². The average Bonchev–Trinajstić information content (AvgIpc) is 3.46. The average molecular weight is 494 g/mol. The Labute approximate surface area is 198 Å². The Bertz CT molecular complexity index is 1170. The van der Waals surface area contributed by atoms with Crippen molar-refractivity contribution in [3.05, 3.63) is 70.9 Å². The highest BCUT2D eigenvalue weighted by molar-refractivity contribution is 7.80. The molecule has 0 radical (unpaired) electrons. The minimum atomic E-state index is -4.50. The molecule has 1 aromatic heterocycles. The molecule has 1 fully saturated rings. The molecule has 0 spiro atoms. The minimum absolute atomic E-state index is 0.00732. The van der Waals surface area contributed by atoms with Crippen LogP contribution in [0.1, 0.15) is 29.0 Å². The minimum Gasteiger partial charge on any atom is -0.451 e. The molecule has 1 saturated heterocycles. The van der Waals surface area contributed by atoms with Gasteiger partial charge in [-0.2, -0.15) is 13.2 Å². The molecular weight excluding hydrogens is 475 g/mol. The lowest BCUT2D eigenvalue weighted by Crippen LogP contribution is -2.34. The van der Waals surface area contributed by atoms with Gasteiger partial charge in [-0.3, -0.25) is 10.1 Å². The summed E-state index contributed by atoms with van der Waals surface area (Å²) in [7, 11) is 0. The lowest BCUT2D eigenvalue weighted by molar-refractivity contribution is -0.137. The molecule has 3 aromatic rings. The van der Waals surface area contributed by atoms with E-state index in [9.17, 15) is 18.0 Å². The van der Waals surface area contributed by atoms with Gasteiger partial charge in [-0.15, -0.1) is 0 Å². The Hall–Kier alpha value is -3.04. The standard InChI is InChI=1S/C23H19ClF3N3O2S/c24-16-6-3-14(4-7-16)19-9-10-20(32-19)21(31)29-22(33)28-17-13-15(23(25,26)27)5-8-18(17)30-11-1-2-12-30/h3-10,13H,1-2,11-12H2,(H2,28,29,31,33). The highest BCUT2D eigenvalue weighted by Crippen LogP contribution is 2.36. The summed E-state index contributed by atoms with van der Waals surface area (Å²) in [5.41, 5.74) is 0.706. The molecule has 2 heterocycles. The van der Waals surface area contributed by atoms with Gasteiger partial charge in [0, 0.05) is 23.7 Å². The largest absolute Gasteiger partial charge is 0.451 e. The zero-order valence-corrected chi connectivity index (χ0v) is 18.8. The molecule has 1 aliphatic heterocycles. The normalized spacial score (nSPS) is 13.8. The second kappa shape index (κ2) is 9.44. The zero-order valence-electron chi connectivity index (χ0n) is 17.2. The van der Waals surface area contributed by atoms with E-state index in [0.717, 1.165) is 43.6 Å². The highest BCUT2D eigenvalue weighted by atomic mass is 35.5. The molecule has 33 heavy (non-hydrogen) atoms. The van der Waals surface area contributed by atoms with E-state index >= 15 is 0 Å². The lowest BCUT2D eigenvalue weighted by Gasteiger charge is -2.23. The van der Waals surface area contributed by atoms with Crippen LogP contribution in [0.5, 0.6) is 0 Å². The number of benzene rings is 2. The van der Waals surface area contributed by atoms with Gasteiger partial charge in [-0.25, -0.2) is 0 Å². The fourth-order valence-electron chi connectivity index (χ4n) is 3.59. The Kier molecular flexibility index (Phi) is 6.62. The number of furan rings is 1. The molecule has 0 atom stereocenters. The molecule has 1 aliphatic rings. The predicted molar refractivity (Wildman–Crippen MR) is 126 cm³/mol. The molecule has 0 aliphatic carbocycles. The van der Waals surface area contributed by atoms with Crippen molar-refractivity contribution >= 4 is 46.2 Å². The van der Waals surface area contributed by atoms with Crippen LogP contribution in [0.4, 0.5) is 24.5 Å². The zero-order chi connectivity index (χ0) is 23.6. The first-order valence-corrected chi connectivity index (χ1v) is 10.9. The smallest absolute Gasteiger partial charge is 0.416 e. The topological polar surface area (TPSA) is 57.5 Å². The number of hydrogen-bond donors (Lipinski definition) is 2. The van der Waals surface area contributed by atoms with Crippen molar-refractivity contribution in [3.8, 4) is 11.3 Å². The van der Waals surface area contributed by atoms with Gasteiger partial charge in [0.2, 0.25) is 0 Å². The van der Waals surface area contributed by atoms with E-state index in [1.54, 1.807) is 30.3 Å². The Morgan fingerprint density at radius 2 is 1.73 bits per heavy atom. The number of alkyl halides is 3. The number of hydrogen-bond acceptors (Lipinski definition) is 4. The van der Waals surface area contributed by atoms with E-state index in [1.807, 2.05) is 4.90 Å². The van der Waals surface area contributed by atoms with E-state index in [-0.39, 0.29) is 16.6 Å². The van der Waals surface area contributed by atoms with Gasteiger partial charge >= 0.3 is 6.18 Å². The molecule has 5 nitrogen and oxygen atoms in total. The first-order valence-electron chi connectivity index (χ1n) is 10.1. The number of amides is 1. The quantitative estimate of drug-likeness (QED) is 0.415. The number of anilines is 2. The molecule has 1 amide bonds. The van der Waals surface area contributed by atoms with Crippen molar-refractivity contribution in [2.24, 2.45) is 0 Å². The molecule has 0 bridgehead atoms. The summed E-state index contributed by atoms with van der Waals surface area (Å²) >= 11 is 11.1. The van der Waals surface area contributed by atoms with Crippen LogP contribution in [-0.4, -0.2) is 24.1 Å². The highest BCUT2D eigenvalue weighted by Gasteiger charge is 2.32. The second-order valence-electron chi connectivity index (χ2n) is 7.50. The molecular formula is C23H19ClF3N3O2S. The lowest BCUT2D eigenvalue weighted by atomic mass is 10.1. The van der Waals surface area contributed by atoms with Gasteiger partial charge in [0.25, 0.3) is 5.91 Å². The number of rotatable bonds is 4. The van der Waals surface area contributed by atoms with Crippen molar-refractivity contribution in [2.45, 2.75) is 19.0 Å². The van der Waals surface area contributed by atoms with Crippen molar-refractivity contribution in [3.63, 3.8) is 0 Å². The maximum atomic E-state index is 13.2. The van der Waals surface area contributed by atoms with Gasteiger partial charge in [0.1, 0.15) is 5.76 Å². The summed E-state index contributed by atoms with van der Waals surface area (Å²) in [6.07, 6.45) is -2.59. The Balaban J connectivity index is 1.49. The Morgan fingerprint density at radius 3 is 2.39 bits per heavy atom. The van der Waals surface area contributed by atoms with E-state index in [1.165, 1.54) is 12.1 Å². The third-order valence-electron chi connectivity index (χ3n) is 5.20.